The van der Waals surface area contributed by atoms with Crippen LogP contribution in [-0.4, -0.2) is 30.8 Å². The van der Waals surface area contributed by atoms with E-state index >= 15 is 0 Å². The monoisotopic (exact) mass is 266 g/mol. The molecule has 1 aliphatic heterocycles. The Morgan fingerprint density at radius 2 is 2.35 bits per heavy atom. The zero-order chi connectivity index (χ0) is 12.5. The molecule has 0 unspecified atom stereocenters. The molecule has 0 amide bonds. The number of Topliss-reactive ketones (excluding diaryl/α,β-unsaturated/α-hetero) is 1. The predicted molar refractivity (Wildman–Crippen MR) is 54.8 cm³/mol. The molecule has 2 heterocycles. The van der Waals surface area contributed by atoms with Crippen LogP contribution in [0.25, 0.3) is 0 Å². The fourth-order valence-corrected chi connectivity index (χ4v) is 2.44. The first kappa shape index (κ1) is 12.5. The number of hydrogen-bond acceptors (Lipinski definition) is 3. The number of nitrogens with two attached hydrogens (primary N) is 1. The van der Waals surface area contributed by atoms with E-state index in [0.717, 1.165) is 16.7 Å². The van der Waals surface area contributed by atoms with Gasteiger partial charge in [-0.1, -0.05) is 6.07 Å². The molecule has 7 heteroatoms. The average molecular weight is 266 g/mol. The smallest absolute Gasteiger partial charge is 0.313 e. The molecule has 0 radical (unpaired) electrons. The summed E-state index contributed by atoms with van der Waals surface area (Å²) in [6.07, 6.45) is -5.21. The summed E-state index contributed by atoms with van der Waals surface area (Å²) in [6, 6.07) is 3.16. The molecule has 1 aromatic rings. The van der Waals surface area contributed by atoms with Crippen LogP contribution in [0.15, 0.2) is 17.5 Å². The van der Waals surface area contributed by atoms with Crippen LogP contribution >= 0.6 is 11.3 Å². The summed E-state index contributed by atoms with van der Waals surface area (Å²) in [5.41, 5.74) is -2.39. The van der Waals surface area contributed by atoms with E-state index in [0.29, 0.717) is 4.88 Å². The highest BCUT2D eigenvalue weighted by Gasteiger charge is 2.63. The molecule has 3 nitrogen and oxygen atoms in total. The summed E-state index contributed by atoms with van der Waals surface area (Å²) in [5.74, 6) is -0.532. The largest absolute Gasteiger partial charge is 0.473 e. The van der Waals surface area contributed by atoms with Crippen molar-refractivity contribution in [2.45, 2.75) is 18.3 Å². The number of alkyl halides is 3. The lowest BCUT2D eigenvalue weighted by Gasteiger charge is -2.26. The van der Waals surface area contributed by atoms with E-state index < -0.39 is 24.1 Å². The molecule has 1 saturated heterocycles. The summed E-state index contributed by atoms with van der Waals surface area (Å²) in [4.78, 5) is 12.1. The quantitative estimate of drug-likeness (QED) is 0.835. The molecule has 0 aromatic carbocycles. The standard InChI is InChI=1S/C10H10F3NO2S/c11-10(12,13)9(14-3-4-16-9)6-7(15)8-2-1-5-17-8/h1-2,5,14H,3-4,6H2/p+1/t9-/m1/s1. The van der Waals surface area contributed by atoms with Gasteiger partial charge < -0.3 is 10.1 Å². The first-order chi connectivity index (χ1) is 7.95. The maximum atomic E-state index is 12.9. The lowest BCUT2D eigenvalue weighted by molar-refractivity contribution is -0.761. The lowest BCUT2D eigenvalue weighted by Crippen LogP contribution is -2.98. The molecule has 17 heavy (non-hydrogen) atoms. The number of thiophene rings is 1. The van der Waals surface area contributed by atoms with Crippen molar-refractivity contribution in [2.75, 3.05) is 13.2 Å². The van der Waals surface area contributed by atoms with Crippen LogP contribution in [-0.2, 0) is 4.74 Å². The molecule has 2 N–H and O–H groups in total. The van der Waals surface area contributed by atoms with Gasteiger partial charge in [-0.05, 0) is 11.4 Å². The third-order valence-corrected chi connectivity index (χ3v) is 3.56. The Balaban J connectivity index is 2.17. The number of quaternary nitrogens is 1. The summed E-state index contributed by atoms with van der Waals surface area (Å²) < 4.78 is 43.5. The highest BCUT2D eigenvalue weighted by molar-refractivity contribution is 7.12. The Morgan fingerprint density at radius 1 is 1.59 bits per heavy atom. The molecule has 1 aromatic heterocycles. The second kappa shape index (κ2) is 4.40. The topological polar surface area (TPSA) is 42.9 Å². The van der Waals surface area contributed by atoms with Crippen LogP contribution in [0.1, 0.15) is 16.1 Å². The fourth-order valence-electron chi connectivity index (χ4n) is 1.78. The fraction of sp³-hybridized carbons (Fsp3) is 0.500. The van der Waals surface area contributed by atoms with Crippen LogP contribution in [0, 0.1) is 0 Å². The highest BCUT2D eigenvalue weighted by Crippen LogP contribution is 2.33. The van der Waals surface area contributed by atoms with E-state index in [4.69, 9.17) is 4.74 Å². The molecule has 0 aliphatic carbocycles. The third kappa shape index (κ3) is 2.36. The zero-order valence-electron chi connectivity index (χ0n) is 8.79. The maximum absolute atomic E-state index is 12.9. The van der Waals surface area contributed by atoms with E-state index in [1.807, 2.05) is 0 Å². The SMILES string of the molecule is O=C(C[C@@]1(C(F)(F)F)[NH2+]CCO1)c1cccs1. The maximum Gasteiger partial charge on any atom is 0.473 e. The molecule has 0 spiro atoms. The Morgan fingerprint density at radius 3 is 2.82 bits per heavy atom. The summed E-state index contributed by atoms with van der Waals surface area (Å²) in [6.45, 7) is 0.231. The van der Waals surface area contributed by atoms with Crippen LogP contribution in [0.5, 0.6) is 0 Å². The van der Waals surface area contributed by atoms with E-state index in [-0.39, 0.29) is 13.2 Å². The average Bonchev–Trinajstić information content (AvgIpc) is 2.86. The number of carbonyl (C=O) groups is 1. The minimum absolute atomic E-state index is 0.0111. The molecule has 1 fully saturated rings. The minimum Gasteiger partial charge on any atom is -0.313 e. The normalized spacial score (nSPS) is 25.1. The third-order valence-electron chi connectivity index (χ3n) is 2.65. The molecule has 94 valence electrons. The molecule has 1 aliphatic rings. The number of hydrogen-bond donors (Lipinski definition) is 1. The van der Waals surface area contributed by atoms with Gasteiger partial charge in [-0.15, -0.1) is 11.3 Å². The highest BCUT2D eigenvalue weighted by atomic mass is 32.1. The number of rotatable bonds is 3. The summed E-state index contributed by atoms with van der Waals surface area (Å²) >= 11 is 1.14. The van der Waals surface area contributed by atoms with Gasteiger partial charge >= 0.3 is 11.9 Å². The Bertz CT molecular complexity index is 396. The van der Waals surface area contributed by atoms with Gasteiger partial charge in [-0.2, -0.15) is 13.2 Å². The number of carbonyl (C=O) groups excluding carboxylic acids is 1. The van der Waals surface area contributed by atoms with E-state index in [1.165, 1.54) is 6.07 Å². The molecule has 0 bridgehead atoms. The van der Waals surface area contributed by atoms with Crippen molar-refractivity contribution in [3.05, 3.63) is 22.4 Å². The van der Waals surface area contributed by atoms with Crippen LogP contribution in [0.2, 0.25) is 0 Å². The van der Waals surface area contributed by atoms with E-state index in [2.05, 4.69) is 0 Å². The van der Waals surface area contributed by atoms with E-state index in [1.54, 1.807) is 11.4 Å². The predicted octanol–water partition coefficient (Wildman–Crippen LogP) is 1.17. The van der Waals surface area contributed by atoms with Gasteiger partial charge in [0.05, 0.1) is 4.88 Å². The second-order valence-electron chi connectivity index (χ2n) is 3.81. The molecule has 0 saturated carbocycles. The molecular formula is C10H11F3NO2S+. The van der Waals surface area contributed by atoms with Crippen molar-refractivity contribution in [3.63, 3.8) is 0 Å². The van der Waals surface area contributed by atoms with Crippen molar-refractivity contribution in [1.29, 1.82) is 0 Å². The van der Waals surface area contributed by atoms with Gasteiger partial charge in [0.1, 0.15) is 19.6 Å². The second-order valence-corrected chi connectivity index (χ2v) is 4.75. The van der Waals surface area contributed by atoms with Gasteiger partial charge in [0.25, 0.3) is 0 Å². The number of halogens is 3. The molecule has 2 rings (SSSR count). The first-order valence-corrected chi connectivity index (χ1v) is 5.94. The first-order valence-electron chi connectivity index (χ1n) is 5.06. The molecule has 1 atom stereocenters. The van der Waals surface area contributed by atoms with Crippen LogP contribution in [0.4, 0.5) is 13.2 Å². The summed E-state index contributed by atoms with van der Waals surface area (Å²) in [7, 11) is 0. The van der Waals surface area contributed by atoms with E-state index in [9.17, 15) is 18.0 Å². The number of ether oxygens (including phenoxy) is 1. The zero-order valence-corrected chi connectivity index (χ0v) is 9.61. The van der Waals surface area contributed by atoms with Crippen molar-refractivity contribution < 1.29 is 28.0 Å². The van der Waals surface area contributed by atoms with Crippen LogP contribution in [0.3, 0.4) is 0 Å². The Hall–Kier alpha value is -0.920. The Labute approximate surface area is 99.6 Å². The Kier molecular flexibility index (Phi) is 3.24. The van der Waals surface area contributed by atoms with Gasteiger partial charge in [-0.3, -0.25) is 4.79 Å². The van der Waals surface area contributed by atoms with Crippen molar-refractivity contribution in [3.8, 4) is 0 Å². The van der Waals surface area contributed by atoms with Gasteiger partial charge in [0, 0.05) is 0 Å². The van der Waals surface area contributed by atoms with Gasteiger partial charge in [0.15, 0.2) is 5.78 Å². The van der Waals surface area contributed by atoms with Crippen molar-refractivity contribution >= 4 is 17.1 Å². The van der Waals surface area contributed by atoms with Gasteiger partial charge in [-0.25, -0.2) is 0 Å². The van der Waals surface area contributed by atoms with Crippen molar-refractivity contribution in [1.82, 2.24) is 0 Å². The van der Waals surface area contributed by atoms with Crippen molar-refractivity contribution in [2.24, 2.45) is 0 Å². The molecular weight excluding hydrogens is 255 g/mol. The van der Waals surface area contributed by atoms with Gasteiger partial charge in [0.2, 0.25) is 0 Å². The minimum atomic E-state index is -4.55. The number of ketones is 1. The van der Waals surface area contributed by atoms with Crippen LogP contribution < -0.4 is 5.32 Å². The summed E-state index contributed by atoms with van der Waals surface area (Å²) in [5, 5.41) is 2.71. The lowest BCUT2D eigenvalue weighted by atomic mass is 10.1.